The molecule has 0 atom stereocenters. The van der Waals surface area contributed by atoms with Gasteiger partial charge in [0.05, 0.1) is 22.9 Å². The monoisotopic (exact) mass is 856 g/mol. The van der Waals surface area contributed by atoms with Crippen LogP contribution in [-0.2, 0) is 21.7 Å². The van der Waals surface area contributed by atoms with Gasteiger partial charge in [-0.2, -0.15) is 0 Å². The lowest BCUT2D eigenvalue weighted by atomic mass is 9.75. The molecule has 4 aromatic rings. The van der Waals surface area contributed by atoms with Gasteiger partial charge in [0.15, 0.2) is 10.2 Å². The quantitative estimate of drug-likeness (QED) is 0.0438. The molecule has 0 saturated heterocycles. The molecular formula is C46H60N6O6S2. The van der Waals surface area contributed by atoms with Gasteiger partial charge in [-0.3, -0.25) is 20.2 Å². The first kappa shape index (κ1) is 47.3. The molecule has 0 aliphatic carbocycles. The van der Waals surface area contributed by atoms with Crippen molar-refractivity contribution in [2.24, 2.45) is 0 Å². The molecule has 4 N–H and O–H groups in total. The van der Waals surface area contributed by atoms with Crippen LogP contribution in [-0.4, -0.2) is 46.4 Å². The maximum Gasteiger partial charge on any atom is 0.269 e. The van der Waals surface area contributed by atoms with Gasteiger partial charge in [0.25, 0.3) is 11.4 Å². The molecule has 0 unspecified atom stereocenters. The number of non-ortho nitro benzene ring substituents is 2. The Morgan fingerprint density at radius 3 is 1.12 bits per heavy atom. The lowest BCUT2D eigenvalue weighted by Crippen LogP contribution is -2.32. The highest BCUT2D eigenvalue weighted by atomic mass is 32.1. The number of rotatable bonds is 13. The number of benzene rings is 4. The molecule has 322 valence electrons. The fourth-order valence-electron chi connectivity index (χ4n) is 6.27. The molecule has 0 amide bonds. The number of nitro benzene ring substituents is 2. The number of thiocarbonyl (C=S) groups is 2. The summed E-state index contributed by atoms with van der Waals surface area (Å²) in [5.41, 5.74) is 6.61. The lowest BCUT2D eigenvalue weighted by molar-refractivity contribution is -0.385. The second-order valence-corrected chi connectivity index (χ2v) is 19.7. The van der Waals surface area contributed by atoms with Crippen LogP contribution in [0.1, 0.15) is 105 Å². The van der Waals surface area contributed by atoms with Crippen LogP contribution in [0.4, 0.5) is 22.7 Å². The average molecular weight is 857 g/mol. The standard InChI is InChI=1S/C46H60N6O6S2/c1-43(2,3)29-25-35(39(37(27-29)45(7,8)9)57-23-21-47-41(59)49-31-13-17-33(18-14-31)51(53)54)36-26-30(44(4,5)6)28-38(46(10,11)12)40(36)58-24-22-48-42(60)50-32-15-19-34(20-16-32)52(55)56/h13-20,25-28H,21-24H2,1-12H3,(H2,47,49,59)(H2,48,50,60). The molecule has 0 saturated carbocycles. The first-order chi connectivity index (χ1) is 27.8. The summed E-state index contributed by atoms with van der Waals surface area (Å²) >= 11 is 11.1. The number of nitrogens with one attached hydrogen (secondary N) is 4. The van der Waals surface area contributed by atoms with Crippen molar-refractivity contribution >= 4 is 57.4 Å². The van der Waals surface area contributed by atoms with Crippen LogP contribution in [0.5, 0.6) is 11.5 Å². The maximum absolute atomic E-state index is 11.1. The van der Waals surface area contributed by atoms with Crippen molar-refractivity contribution in [3.63, 3.8) is 0 Å². The third kappa shape index (κ3) is 12.8. The zero-order valence-corrected chi connectivity index (χ0v) is 38.6. The average Bonchev–Trinajstić information content (AvgIpc) is 3.13. The largest absolute Gasteiger partial charge is 0.491 e. The van der Waals surface area contributed by atoms with E-state index in [4.69, 9.17) is 33.9 Å². The van der Waals surface area contributed by atoms with Crippen LogP contribution >= 0.6 is 24.4 Å². The first-order valence-electron chi connectivity index (χ1n) is 20.0. The van der Waals surface area contributed by atoms with Crippen LogP contribution in [0.3, 0.4) is 0 Å². The Bertz CT molecular complexity index is 2040. The van der Waals surface area contributed by atoms with Crippen molar-refractivity contribution in [2.45, 2.75) is 105 Å². The number of nitro groups is 2. The van der Waals surface area contributed by atoms with E-state index in [1.54, 1.807) is 24.3 Å². The second-order valence-electron chi connectivity index (χ2n) is 18.9. The van der Waals surface area contributed by atoms with Crippen molar-refractivity contribution in [2.75, 3.05) is 36.9 Å². The molecule has 0 fully saturated rings. The molecule has 60 heavy (non-hydrogen) atoms. The summed E-state index contributed by atoms with van der Waals surface area (Å²) in [4.78, 5) is 21.3. The van der Waals surface area contributed by atoms with Crippen molar-refractivity contribution in [1.82, 2.24) is 10.6 Å². The lowest BCUT2D eigenvalue weighted by Gasteiger charge is -2.32. The summed E-state index contributed by atoms with van der Waals surface area (Å²) < 4.78 is 13.7. The Morgan fingerprint density at radius 2 is 0.850 bits per heavy atom. The number of hydrogen-bond acceptors (Lipinski definition) is 8. The van der Waals surface area contributed by atoms with Crippen LogP contribution < -0.4 is 30.7 Å². The Balaban J connectivity index is 1.73. The number of nitrogens with zero attached hydrogens (tertiary/aromatic N) is 2. The number of anilines is 2. The first-order valence-corrected chi connectivity index (χ1v) is 20.8. The third-order valence-corrected chi connectivity index (χ3v) is 10.2. The summed E-state index contributed by atoms with van der Waals surface area (Å²) in [5, 5.41) is 35.5. The highest BCUT2D eigenvalue weighted by Crippen LogP contribution is 2.49. The minimum atomic E-state index is -0.441. The number of hydrogen-bond donors (Lipinski definition) is 4. The van der Waals surface area contributed by atoms with Crippen molar-refractivity contribution in [1.29, 1.82) is 0 Å². The van der Waals surface area contributed by atoms with Gasteiger partial charge in [0.1, 0.15) is 24.7 Å². The van der Waals surface area contributed by atoms with Crippen molar-refractivity contribution in [3.05, 3.63) is 115 Å². The molecule has 0 radical (unpaired) electrons. The van der Waals surface area contributed by atoms with E-state index in [2.05, 4.69) is 129 Å². The van der Waals surface area contributed by atoms with Gasteiger partial charge in [0.2, 0.25) is 0 Å². The topological polar surface area (TPSA) is 153 Å². The molecule has 4 rings (SSSR count). The summed E-state index contributed by atoms with van der Waals surface area (Å²) in [7, 11) is 0. The van der Waals surface area contributed by atoms with E-state index in [1.807, 2.05) is 0 Å². The Labute approximate surface area is 365 Å². The van der Waals surface area contributed by atoms with Crippen molar-refractivity contribution in [3.8, 4) is 22.6 Å². The zero-order valence-electron chi connectivity index (χ0n) is 36.9. The van der Waals surface area contributed by atoms with E-state index < -0.39 is 9.85 Å². The molecule has 0 bridgehead atoms. The highest BCUT2D eigenvalue weighted by molar-refractivity contribution is 7.80. The fourth-order valence-corrected chi connectivity index (χ4v) is 6.71. The SMILES string of the molecule is CC(C)(C)c1cc(-c2cc(C(C)(C)C)cc(C(C)(C)C)c2OCCNC(=S)Nc2ccc([N+](=O)[O-])cc2)c(OCCNC(=S)Nc2ccc([N+](=O)[O-])cc2)c(C(C)(C)C)c1. The minimum Gasteiger partial charge on any atom is -0.491 e. The minimum absolute atomic E-state index is 0.00175. The van der Waals surface area contributed by atoms with Crippen molar-refractivity contribution < 1.29 is 19.3 Å². The molecule has 4 aromatic carbocycles. The molecule has 0 heterocycles. The van der Waals surface area contributed by atoms with Gasteiger partial charge in [-0.05, 0) is 93.6 Å². The Hall–Kier alpha value is -5.34. The van der Waals surface area contributed by atoms with E-state index in [0.29, 0.717) is 34.7 Å². The van der Waals surface area contributed by atoms with Gasteiger partial charge in [-0.15, -0.1) is 0 Å². The fraction of sp³-hybridized carbons (Fsp3) is 0.435. The Morgan fingerprint density at radius 1 is 0.533 bits per heavy atom. The van der Waals surface area contributed by atoms with E-state index in [0.717, 1.165) is 44.9 Å². The zero-order chi connectivity index (χ0) is 44.8. The van der Waals surface area contributed by atoms with Crippen LogP contribution in [0, 0.1) is 20.2 Å². The second kappa shape index (κ2) is 18.9. The molecule has 0 aliphatic rings. The molecular weight excluding hydrogens is 797 g/mol. The van der Waals surface area contributed by atoms with Gasteiger partial charge >= 0.3 is 0 Å². The predicted octanol–water partition coefficient (Wildman–Crippen LogP) is 11.1. The predicted molar refractivity (Wildman–Crippen MR) is 252 cm³/mol. The van der Waals surface area contributed by atoms with E-state index in [1.165, 1.54) is 24.3 Å². The molecule has 12 nitrogen and oxygen atoms in total. The Kier molecular flexibility index (Phi) is 14.9. The molecule has 14 heteroatoms. The number of ether oxygens (including phenoxy) is 2. The van der Waals surface area contributed by atoms with Crippen LogP contribution in [0.25, 0.3) is 11.1 Å². The molecule has 0 aliphatic heterocycles. The molecule has 0 spiro atoms. The normalized spacial score (nSPS) is 12.0. The van der Waals surface area contributed by atoms with Crippen LogP contribution in [0.2, 0.25) is 0 Å². The maximum atomic E-state index is 11.1. The summed E-state index contributed by atoms with van der Waals surface area (Å²) in [6, 6.07) is 21.1. The van der Waals surface area contributed by atoms with Crippen LogP contribution in [0.15, 0.2) is 72.8 Å². The highest BCUT2D eigenvalue weighted by Gasteiger charge is 2.32. The third-order valence-electron chi connectivity index (χ3n) is 9.76. The van der Waals surface area contributed by atoms with Gasteiger partial charge < -0.3 is 30.7 Å². The van der Waals surface area contributed by atoms with E-state index in [-0.39, 0.29) is 46.2 Å². The smallest absolute Gasteiger partial charge is 0.269 e. The van der Waals surface area contributed by atoms with Gasteiger partial charge in [-0.1, -0.05) is 95.2 Å². The summed E-state index contributed by atoms with van der Waals surface area (Å²) in [5.74, 6) is 1.52. The van der Waals surface area contributed by atoms with Gasteiger partial charge in [0, 0.05) is 57.9 Å². The summed E-state index contributed by atoms with van der Waals surface area (Å²) in [6.45, 7) is 27.8. The molecule has 0 aromatic heterocycles. The van der Waals surface area contributed by atoms with Gasteiger partial charge in [-0.25, -0.2) is 0 Å². The van der Waals surface area contributed by atoms with E-state index >= 15 is 0 Å². The van der Waals surface area contributed by atoms with E-state index in [9.17, 15) is 20.2 Å². The summed E-state index contributed by atoms with van der Waals surface area (Å²) in [6.07, 6.45) is 0.